The van der Waals surface area contributed by atoms with Crippen LogP contribution in [0.15, 0.2) is 53.6 Å². The van der Waals surface area contributed by atoms with E-state index in [-0.39, 0.29) is 11.3 Å². The van der Waals surface area contributed by atoms with Crippen molar-refractivity contribution in [3.05, 3.63) is 70.2 Å². The molecule has 0 radical (unpaired) electrons. The summed E-state index contributed by atoms with van der Waals surface area (Å²) in [5, 5.41) is 11.8. The largest absolute Gasteiger partial charge is 0.273 e. The molecule has 134 valence electrons. The van der Waals surface area contributed by atoms with Gasteiger partial charge in [0.1, 0.15) is 10.7 Å². The summed E-state index contributed by atoms with van der Waals surface area (Å²) < 4.78 is 41.0. The SMILES string of the molecule is Cc1cc(F)c(S(=O)(=O)N(C)c2cccc3cccnc23)cc1[N+](=O)[O-]. The van der Waals surface area contributed by atoms with Crippen LogP contribution in [0.4, 0.5) is 15.8 Å². The molecule has 2 aromatic carbocycles. The number of sulfonamides is 1. The summed E-state index contributed by atoms with van der Waals surface area (Å²) in [5.74, 6) is -1.05. The minimum atomic E-state index is -4.37. The topological polar surface area (TPSA) is 93.4 Å². The molecule has 3 aromatic rings. The van der Waals surface area contributed by atoms with Crippen LogP contribution in [0, 0.1) is 22.9 Å². The molecule has 0 amide bonds. The van der Waals surface area contributed by atoms with Gasteiger partial charge in [0.25, 0.3) is 15.7 Å². The van der Waals surface area contributed by atoms with Crippen molar-refractivity contribution in [3.8, 4) is 0 Å². The number of pyridine rings is 1. The van der Waals surface area contributed by atoms with Gasteiger partial charge in [0.05, 0.1) is 16.1 Å². The van der Waals surface area contributed by atoms with E-state index in [0.717, 1.165) is 16.4 Å². The van der Waals surface area contributed by atoms with Crippen molar-refractivity contribution >= 4 is 32.3 Å². The van der Waals surface area contributed by atoms with Crippen molar-refractivity contribution in [1.29, 1.82) is 0 Å². The van der Waals surface area contributed by atoms with Crippen molar-refractivity contribution in [1.82, 2.24) is 4.98 Å². The Kier molecular flexibility index (Phi) is 4.33. The number of aryl methyl sites for hydroxylation is 1. The van der Waals surface area contributed by atoms with Gasteiger partial charge in [-0.1, -0.05) is 18.2 Å². The lowest BCUT2D eigenvalue weighted by Gasteiger charge is -2.21. The molecule has 0 bridgehead atoms. The molecule has 0 aliphatic heterocycles. The molecule has 0 saturated heterocycles. The summed E-state index contributed by atoms with van der Waals surface area (Å²) in [6.07, 6.45) is 1.52. The number of hydrogen-bond donors (Lipinski definition) is 0. The molecule has 26 heavy (non-hydrogen) atoms. The van der Waals surface area contributed by atoms with Crippen LogP contribution in [0.2, 0.25) is 0 Å². The van der Waals surface area contributed by atoms with Gasteiger partial charge < -0.3 is 0 Å². The zero-order chi connectivity index (χ0) is 19.1. The van der Waals surface area contributed by atoms with Gasteiger partial charge in [-0.2, -0.15) is 0 Å². The normalized spacial score (nSPS) is 11.5. The van der Waals surface area contributed by atoms with Crippen molar-refractivity contribution in [3.63, 3.8) is 0 Å². The molecule has 0 aliphatic rings. The van der Waals surface area contributed by atoms with Gasteiger partial charge in [0.2, 0.25) is 0 Å². The minimum Gasteiger partial charge on any atom is -0.267 e. The van der Waals surface area contributed by atoms with Crippen molar-refractivity contribution in [2.45, 2.75) is 11.8 Å². The lowest BCUT2D eigenvalue weighted by molar-refractivity contribution is -0.385. The minimum absolute atomic E-state index is 0.0425. The van der Waals surface area contributed by atoms with Crippen LogP contribution >= 0.6 is 0 Å². The van der Waals surface area contributed by atoms with E-state index in [1.165, 1.54) is 26.2 Å². The van der Waals surface area contributed by atoms with Crippen molar-refractivity contribution in [2.24, 2.45) is 0 Å². The van der Waals surface area contributed by atoms with Crippen molar-refractivity contribution < 1.29 is 17.7 Å². The Balaban J connectivity index is 2.19. The molecule has 3 rings (SSSR count). The van der Waals surface area contributed by atoms with Gasteiger partial charge in [-0.15, -0.1) is 0 Å². The molecule has 1 aromatic heterocycles. The summed E-state index contributed by atoms with van der Waals surface area (Å²) in [6, 6.07) is 10.0. The predicted molar refractivity (Wildman–Crippen MR) is 95.1 cm³/mol. The van der Waals surface area contributed by atoms with Gasteiger partial charge in [-0.25, -0.2) is 12.8 Å². The van der Waals surface area contributed by atoms with E-state index in [4.69, 9.17) is 0 Å². The first-order valence-corrected chi connectivity index (χ1v) is 8.94. The standard InChI is InChI=1S/C17H14FN3O4S/c1-11-9-13(18)16(10-15(11)21(22)23)26(24,25)20(2)14-7-3-5-12-6-4-8-19-17(12)14/h3-10H,1-2H3. The summed E-state index contributed by atoms with van der Waals surface area (Å²) in [6.45, 7) is 1.34. The number of anilines is 1. The molecular weight excluding hydrogens is 361 g/mol. The Morgan fingerprint density at radius 3 is 2.58 bits per heavy atom. The van der Waals surface area contributed by atoms with Crippen LogP contribution in [-0.2, 0) is 10.0 Å². The fourth-order valence-electron chi connectivity index (χ4n) is 2.66. The first-order chi connectivity index (χ1) is 12.2. The van der Waals surface area contributed by atoms with Gasteiger partial charge in [-0.05, 0) is 25.1 Å². The van der Waals surface area contributed by atoms with E-state index < -0.39 is 31.3 Å². The highest BCUT2D eigenvalue weighted by Gasteiger charge is 2.29. The lowest BCUT2D eigenvalue weighted by atomic mass is 10.2. The van der Waals surface area contributed by atoms with Gasteiger partial charge in [0.15, 0.2) is 0 Å². The average Bonchev–Trinajstić information content (AvgIpc) is 2.60. The molecule has 0 saturated carbocycles. The second-order valence-electron chi connectivity index (χ2n) is 5.65. The van der Waals surface area contributed by atoms with Crippen LogP contribution in [0.3, 0.4) is 0 Å². The highest BCUT2D eigenvalue weighted by atomic mass is 32.2. The Hall–Kier alpha value is -3.07. The molecule has 7 nitrogen and oxygen atoms in total. The highest BCUT2D eigenvalue weighted by Crippen LogP contribution is 2.32. The molecule has 0 fully saturated rings. The number of nitro benzene ring substituents is 1. The van der Waals surface area contributed by atoms with Crippen LogP contribution in [0.1, 0.15) is 5.56 Å². The number of benzene rings is 2. The fourth-order valence-corrected chi connectivity index (χ4v) is 3.92. The number of nitrogens with zero attached hydrogens (tertiary/aromatic N) is 3. The molecule has 0 N–H and O–H groups in total. The molecule has 0 unspecified atom stereocenters. The van der Waals surface area contributed by atoms with Gasteiger partial charge >= 0.3 is 0 Å². The maximum Gasteiger partial charge on any atom is 0.273 e. The highest BCUT2D eigenvalue weighted by molar-refractivity contribution is 7.92. The van der Waals surface area contributed by atoms with Crippen LogP contribution < -0.4 is 4.31 Å². The summed E-state index contributed by atoms with van der Waals surface area (Å²) >= 11 is 0. The zero-order valence-electron chi connectivity index (χ0n) is 13.9. The molecule has 0 atom stereocenters. The molecular formula is C17H14FN3O4S. The lowest BCUT2D eigenvalue weighted by Crippen LogP contribution is -2.28. The van der Waals surface area contributed by atoms with Crippen LogP contribution in [0.25, 0.3) is 10.9 Å². The maximum atomic E-state index is 14.3. The number of hydrogen-bond acceptors (Lipinski definition) is 5. The van der Waals surface area contributed by atoms with Crippen molar-refractivity contribution in [2.75, 3.05) is 11.4 Å². The van der Waals surface area contributed by atoms with E-state index in [1.807, 2.05) is 0 Å². The Bertz CT molecular complexity index is 1130. The fraction of sp³-hybridized carbons (Fsp3) is 0.118. The molecule has 1 heterocycles. The number of fused-ring (bicyclic) bond motifs is 1. The van der Waals surface area contributed by atoms with Crippen LogP contribution in [0.5, 0.6) is 0 Å². The third-order valence-electron chi connectivity index (χ3n) is 4.04. The van der Waals surface area contributed by atoms with Crippen LogP contribution in [-0.4, -0.2) is 25.4 Å². The predicted octanol–water partition coefficient (Wildman–Crippen LogP) is 3.42. The molecule has 0 spiro atoms. The second kappa shape index (κ2) is 6.34. The van der Waals surface area contributed by atoms with E-state index in [0.29, 0.717) is 10.9 Å². The maximum absolute atomic E-state index is 14.3. The third kappa shape index (κ3) is 2.86. The zero-order valence-corrected chi connectivity index (χ0v) is 14.7. The quantitative estimate of drug-likeness (QED) is 0.514. The number of halogens is 1. The Morgan fingerprint density at radius 2 is 1.88 bits per heavy atom. The average molecular weight is 375 g/mol. The smallest absolute Gasteiger partial charge is 0.267 e. The van der Waals surface area contributed by atoms with E-state index in [2.05, 4.69) is 4.98 Å². The Labute approximate surface area is 148 Å². The first kappa shape index (κ1) is 17.7. The van der Waals surface area contributed by atoms with E-state index >= 15 is 0 Å². The van der Waals surface area contributed by atoms with Gasteiger partial charge in [-0.3, -0.25) is 19.4 Å². The number of para-hydroxylation sites is 1. The molecule has 0 aliphatic carbocycles. The number of rotatable bonds is 4. The molecule has 9 heteroatoms. The Morgan fingerprint density at radius 1 is 1.19 bits per heavy atom. The summed E-state index contributed by atoms with van der Waals surface area (Å²) in [7, 11) is -3.12. The van der Waals surface area contributed by atoms with E-state index in [1.54, 1.807) is 24.3 Å². The number of nitro groups is 1. The summed E-state index contributed by atoms with van der Waals surface area (Å²) in [4.78, 5) is 13.8. The summed E-state index contributed by atoms with van der Waals surface area (Å²) in [5.41, 5.74) is 0.240. The van der Waals surface area contributed by atoms with E-state index in [9.17, 15) is 22.9 Å². The monoisotopic (exact) mass is 375 g/mol. The number of aromatic nitrogens is 1. The van der Waals surface area contributed by atoms with Gasteiger partial charge in [0, 0.05) is 30.3 Å². The second-order valence-corrected chi connectivity index (χ2v) is 7.59. The third-order valence-corrected chi connectivity index (χ3v) is 5.82. The first-order valence-electron chi connectivity index (χ1n) is 7.50.